The number of nitrogens with zero attached hydrogens (tertiary/aromatic N) is 2. The van der Waals surface area contributed by atoms with Crippen LogP contribution in [-0.4, -0.2) is 55.7 Å². The first-order valence-corrected chi connectivity index (χ1v) is 9.69. The van der Waals surface area contributed by atoms with Gasteiger partial charge >= 0.3 is 6.03 Å². The third kappa shape index (κ3) is 5.62. The van der Waals surface area contributed by atoms with Crippen molar-refractivity contribution in [2.75, 3.05) is 45.2 Å². The highest BCUT2D eigenvalue weighted by atomic mass is 35.5. The van der Waals surface area contributed by atoms with Crippen LogP contribution in [0.25, 0.3) is 0 Å². The number of anilines is 1. The largest absolute Gasteiger partial charge is 0.495 e. The molecule has 0 aromatic heterocycles. The molecule has 2 aromatic rings. The summed E-state index contributed by atoms with van der Waals surface area (Å²) < 4.78 is 5.29. The highest BCUT2D eigenvalue weighted by molar-refractivity contribution is 6.31. The number of benzene rings is 2. The minimum absolute atomic E-state index is 0.112. The molecular weight excluding hydrogens is 362 g/mol. The van der Waals surface area contributed by atoms with Crippen LogP contribution in [0.4, 0.5) is 10.5 Å². The average molecular weight is 388 g/mol. The molecule has 1 N–H and O–H groups in total. The van der Waals surface area contributed by atoms with E-state index in [-0.39, 0.29) is 6.03 Å². The zero-order valence-corrected chi connectivity index (χ0v) is 16.4. The fraction of sp³-hybridized carbons (Fsp3) is 0.381. The third-order valence-corrected chi connectivity index (χ3v) is 5.08. The minimum atomic E-state index is -0.112. The maximum atomic E-state index is 12.6. The lowest BCUT2D eigenvalue weighted by atomic mass is 10.1. The van der Waals surface area contributed by atoms with Gasteiger partial charge in [-0.25, -0.2) is 4.79 Å². The van der Waals surface area contributed by atoms with Gasteiger partial charge in [-0.2, -0.15) is 0 Å². The third-order valence-electron chi connectivity index (χ3n) is 4.85. The Balaban J connectivity index is 1.43. The van der Waals surface area contributed by atoms with E-state index >= 15 is 0 Å². The van der Waals surface area contributed by atoms with E-state index in [0.29, 0.717) is 16.5 Å². The number of hydrogen-bond acceptors (Lipinski definition) is 3. The molecule has 1 heterocycles. The molecule has 0 bridgehead atoms. The number of aryl methyl sites for hydroxylation is 1. The number of piperazine rings is 1. The van der Waals surface area contributed by atoms with Crippen molar-refractivity contribution in [1.29, 1.82) is 0 Å². The monoisotopic (exact) mass is 387 g/mol. The summed E-state index contributed by atoms with van der Waals surface area (Å²) in [6, 6.07) is 15.7. The molecule has 0 unspecified atom stereocenters. The van der Waals surface area contributed by atoms with Gasteiger partial charge in [-0.1, -0.05) is 41.9 Å². The number of rotatable bonds is 6. The predicted octanol–water partition coefficient (Wildman–Crippen LogP) is 4.13. The maximum Gasteiger partial charge on any atom is 0.322 e. The standard InChI is InChI=1S/C21H26ClN3O2/c1-27-20-10-9-18(22)16-19(20)23-21(26)25-14-12-24(13-15-25)11-5-8-17-6-3-2-4-7-17/h2-4,6-7,9-10,16H,5,8,11-15H2,1H3,(H,23,26). The molecule has 5 nitrogen and oxygen atoms in total. The molecule has 1 fully saturated rings. The van der Waals surface area contributed by atoms with Crippen LogP contribution < -0.4 is 10.1 Å². The van der Waals surface area contributed by atoms with Crippen molar-refractivity contribution in [3.63, 3.8) is 0 Å². The second-order valence-electron chi connectivity index (χ2n) is 6.69. The fourth-order valence-electron chi connectivity index (χ4n) is 3.30. The van der Waals surface area contributed by atoms with Crippen molar-refractivity contribution >= 4 is 23.3 Å². The van der Waals surface area contributed by atoms with Gasteiger partial charge in [0, 0.05) is 31.2 Å². The molecule has 2 aromatic carbocycles. The number of methoxy groups -OCH3 is 1. The van der Waals surface area contributed by atoms with Crippen LogP contribution in [0.5, 0.6) is 5.75 Å². The van der Waals surface area contributed by atoms with Crippen LogP contribution >= 0.6 is 11.6 Å². The van der Waals surface area contributed by atoms with Gasteiger partial charge in [0.2, 0.25) is 0 Å². The summed E-state index contributed by atoms with van der Waals surface area (Å²) in [7, 11) is 1.58. The second-order valence-corrected chi connectivity index (χ2v) is 7.13. The molecular formula is C21H26ClN3O2. The lowest BCUT2D eigenvalue weighted by molar-refractivity contribution is 0.146. The van der Waals surface area contributed by atoms with Crippen molar-refractivity contribution in [2.24, 2.45) is 0 Å². The van der Waals surface area contributed by atoms with E-state index < -0.39 is 0 Å². The average Bonchev–Trinajstić information content (AvgIpc) is 2.69. The van der Waals surface area contributed by atoms with E-state index in [1.807, 2.05) is 11.0 Å². The second kappa shape index (κ2) is 9.62. The zero-order chi connectivity index (χ0) is 19.1. The highest BCUT2D eigenvalue weighted by Crippen LogP contribution is 2.28. The van der Waals surface area contributed by atoms with E-state index in [9.17, 15) is 4.79 Å². The Kier molecular flexibility index (Phi) is 6.96. The quantitative estimate of drug-likeness (QED) is 0.810. The van der Waals surface area contributed by atoms with Crippen LogP contribution in [0, 0.1) is 0 Å². The van der Waals surface area contributed by atoms with Gasteiger partial charge < -0.3 is 15.0 Å². The Morgan fingerprint density at radius 1 is 1.11 bits per heavy atom. The number of nitrogens with one attached hydrogen (secondary N) is 1. The van der Waals surface area contributed by atoms with E-state index in [2.05, 4.69) is 34.5 Å². The first kappa shape index (κ1) is 19.5. The minimum Gasteiger partial charge on any atom is -0.495 e. The molecule has 1 aliphatic rings. The summed E-state index contributed by atoms with van der Waals surface area (Å²) in [6.45, 7) is 4.30. The number of amides is 2. The first-order valence-electron chi connectivity index (χ1n) is 9.31. The lowest BCUT2D eigenvalue weighted by Crippen LogP contribution is -2.50. The maximum absolute atomic E-state index is 12.6. The Morgan fingerprint density at radius 2 is 1.85 bits per heavy atom. The molecule has 0 aliphatic carbocycles. The van der Waals surface area contributed by atoms with Crippen molar-refractivity contribution in [3.8, 4) is 5.75 Å². The van der Waals surface area contributed by atoms with Gasteiger partial charge in [0.15, 0.2) is 0 Å². The zero-order valence-electron chi connectivity index (χ0n) is 15.7. The summed E-state index contributed by atoms with van der Waals surface area (Å²) >= 11 is 6.03. The number of halogens is 1. The summed E-state index contributed by atoms with van der Waals surface area (Å²) in [5.74, 6) is 0.604. The van der Waals surface area contributed by atoms with Crippen molar-refractivity contribution in [2.45, 2.75) is 12.8 Å². The van der Waals surface area contributed by atoms with Crippen LogP contribution in [0.3, 0.4) is 0 Å². The van der Waals surface area contributed by atoms with Crippen molar-refractivity contribution in [3.05, 3.63) is 59.1 Å². The van der Waals surface area contributed by atoms with Gasteiger partial charge in [-0.3, -0.25) is 4.90 Å². The van der Waals surface area contributed by atoms with Gasteiger partial charge in [-0.15, -0.1) is 0 Å². The molecule has 0 spiro atoms. The lowest BCUT2D eigenvalue weighted by Gasteiger charge is -2.34. The van der Waals surface area contributed by atoms with Crippen molar-refractivity contribution < 1.29 is 9.53 Å². The number of urea groups is 1. The Morgan fingerprint density at radius 3 is 2.56 bits per heavy atom. The van der Waals surface area contributed by atoms with Gasteiger partial charge in [0.25, 0.3) is 0 Å². The van der Waals surface area contributed by atoms with Crippen LogP contribution in [0.15, 0.2) is 48.5 Å². The van der Waals surface area contributed by atoms with E-state index in [1.165, 1.54) is 5.56 Å². The van der Waals surface area contributed by atoms with E-state index in [1.54, 1.807) is 25.3 Å². The number of carbonyl (C=O) groups excluding carboxylic acids is 1. The Bertz CT molecular complexity index is 746. The smallest absolute Gasteiger partial charge is 0.322 e. The SMILES string of the molecule is COc1ccc(Cl)cc1NC(=O)N1CCN(CCCc2ccccc2)CC1. The first-order chi connectivity index (χ1) is 13.2. The molecule has 0 radical (unpaired) electrons. The molecule has 0 saturated carbocycles. The van der Waals surface area contributed by atoms with Gasteiger partial charge in [0.05, 0.1) is 12.8 Å². The van der Waals surface area contributed by atoms with Crippen molar-refractivity contribution in [1.82, 2.24) is 9.80 Å². The fourth-order valence-corrected chi connectivity index (χ4v) is 3.47. The predicted molar refractivity (Wildman–Crippen MR) is 110 cm³/mol. The molecule has 1 aliphatic heterocycles. The Labute approximate surface area is 165 Å². The van der Waals surface area contributed by atoms with E-state index in [4.69, 9.17) is 16.3 Å². The van der Waals surface area contributed by atoms with Crippen LogP contribution in [0.1, 0.15) is 12.0 Å². The van der Waals surface area contributed by atoms with Gasteiger partial charge in [-0.05, 0) is 43.1 Å². The molecule has 3 rings (SSSR count). The topological polar surface area (TPSA) is 44.8 Å². The number of carbonyl (C=O) groups is 1. The molecule has 2 amide bonds. The normalized spacial score (nSPS) is 14.8. The number of hydrogen-bond donors (Lipinski definition) is 1. The molecule has 27 heavy (non-hydrogen) atoms. The van der Waals surface area contributed by atoms with E-state index in [0.717, 1.165) is 45.6 Å². The molecule has 144 valence electrons. The van der Waals surface area contributed by atoms with Crippen LogP contribution in [0.2, 0.25) is 5.02 Å². The Hall–Kier alpha value is -2.24. The molecule has 1 saturated heterocycles. The summed E-state index contributed by atoms with van der Waals surface area (Å²) in [6.07, 6.45) is 2.23. The highest BCUT2D eigenvalue weighted by Gasteiger charge is 2.21. The van der Waals surface area contributed by atoms with Crippen LogP contribution in [-0.2, 0) is 6.42 Å². The molecule has 6 heteroatoms. The summed E-state index contributed by atoms with van der Waals surface area (Å²) in [5, 5.41) is 3.47. The van der Waals surface area contributed by atoms with Gasteiger partial charge in [0.1, 0.15) is 5.75 Å². The molecule has 0 atom stereocenters. The number of ether oxygens (including phenoxy) is 1. The summed E-state index contributed by atoms with van der Waals surface area (Å²) in [5.41, 5.74) is 1.98. The summed E-state index contributed by atoms with van der Waals surface area (Å²) in [4.78, 5) is 16.8.